The third kappa shape index (κ3) is 3.98. The van der Waals surface area contributed by atoms with Crippen molar-refractivity contribution in [2.24, 2.45) is 5.92 Å². The van der Waals surface area contributed by atoms with Crippen molar-refractivity contribution in [3.05, 3.63) is 45.1 Å². The Bertz CT molecular complexity index is 766. The van der Waals surface area contributed by atoms with Gasteiger partial charge in [0, 0.05) is 16.2 Å². The van der Waals surface area contributed by atoms with Crippen LogP contribution in [0.2, 0.25) is 0 Å². The average molecular weight is 359 g/mol. The third-order valence-corrected chi connectivity index (χ3v) is 5.34. The molecule has 1 amide bonds. The number of carbonyl (C=O) groups excluding carboxylic acids is 1. The summed E-state index contributed by atoms with van der Waals surface area (Å²) in [7, 11) is 0. The summed E-state index contributed by atoms with van der Waals surface area (Å²) in [5, 5.41) is 3.20. The van der Waals surface area contributed by atoms with Gasteiger partial charge in [-0.2, -0.15) is 0 Å². The van der Waals surface area contributed by atoms with E-state index in [1.807, 2.05) is 38.1 Å². The normalized spacial score (nSPS) is 14.9. The number of rotatable bonds is 4. The molecule has 0 saturated carbocycles. The van der Waals surface area contributed by atoms with Gasteiger partial charge in [-0.1, -0.05) is 19.9 Å². The number of ether oxygens (including phenoxy) is 2. The van der Waals surface area contributed by atoms with Gasteiger partial charge >= 0.3 is 0 Å². The van der Waals surface area contributed by atoms with Crippen LogP contribution in [0.25, 0.3) is 0 Å². The maximum absolute atomic E-state index is 12.8. The second kappa shape index (κ2) is 7.48. The highest BCUT2D eigenvalue weighted by molar-refractivity contribution is 7.12. The van der Waals surface area contributed by atoms with Crippen LogP contribution in [-0.4, -0.2) is 19.1 Å². The van der Waals surface area contributed by atoms with Gasteiger partial charge in [0.1, 0.15) is 0 Å². The van der Waals surface area contributed by atoms with Gasteiger partial charge in [0.2, 0.25) is 0 Å². The Morgan fingerprint density at radius 2 is 1.84 bits per heavy atom. The molecule has 0 bridgehead atoms. The Balaban J connectivity index is 1.85. The molecule has 1 N–H and O–H groups in total. The molecule has 1 aliphatic heterocycles. The first-order chi connectivity index (χ1) is 12.0. The summed E-state index contributed by atoms with van der Waals surface area (Å²) < 4.78 is 11.5. The molecule has 0 spiro atoms. The van der Waals surface area contributed by atoms with Gasteiger partial charge in [0.15, 0.2) is 11.5 Å². The summed E-state index contributed by atoms with van der Waals surface area (Å²) >= 11 is 1.65. The number of nitrogens with one attached hydrogen (secondary N) is 1. The molecule has 1 aromatic carbocycles. The molecule has 1 atom stereocenters. The highest BCUT2D eigenvalue weighted by Gasteiger charge is 2.23. The average Bonchev–Trinajstić information content (AvgIpc) is 2.78. The zero-order valence-electron chi connectivity index (χ0n) is 15.2. The Labute approximate surface area is 153 Å². The smallest absolute Gasteiger partial charge is 0.252 e. The molecule has 0 aliphatic carbocycles. The van der Waals surface area contributed by atoms with E-state index in [1.165, 1.54) is 0 Å². The maximum Gasteiger partial charge on any atom is 0.252 e. The lowest BCUT2D eigenvalue weighted by Gasteiger charge is -2.24. The fourth-order valence-electron chi connectivity index (χ4n) is 3.08. The topological polar surface area (TPSA) is 47.6 Å². The molecular weight excluding hydrogens is 334 g/mol. The molecule has 0 unspecified atom stereocenters. The second-order valence-corrected chi connectivity index (χ2v) is 8.24. The molecule has 25 heavy (non-hydrogen) atoms. The molecule has 3 rings (SSSR count). The van der Waals surface area contributed by atoms with E-state index >= 15 is 0 Å². The van der Waals surface area contributed by atoms with E-state index in [0.29, 0.717) is 13.2 Å². The summed E-state index contributed by atoms with van der Waals surface area (Å²) in [6, 6.07) is 7.84. The number of thiophene rings is 1. The minimum Gasteiger partial charge on any atom is -0.490 e. The number of benzene rings is 1. The molecule has 1 aliphatic rings. The predicted molar refractivity (Wildman–Crippen MR) is 101 cm³/mol. The minimum absolute atomic E-state index is 0.0207. The Kier molecular flexibility index (Phi) is 5.33. The molecule has 4 nitrogen and oxygen atoms in total. The van der Waals surface area contributed by atoms with E-state index < -0.39 is 0 Å². The molecular formula is C20H25NO3S. The van der Waals surface area contributed by atoms with E-state index in [0.717, 1.165) is 38.8 Å². The molecule has 0 radical (unpaired) electrons. The molecule has 134 valence electrons. The molecule has 5 heteroatoms. The first-order valence-corrected chi connectivity index (χ1v) is 9.55. The van der Waals surface area contributed by atoms with Crippen LogP contribution in [0.15, 0.2) is 24.3 Å². The third-order valence-electron chi connectivity index (χ3n) is 4.37. The molecule has 2 heterocycles. The zero-order valence-corrected chi connectivity index (χ0v) is 16.0. The van der Waals surface area contributed by atoms with Crippen LogP contribution >= 0.6 is 11.3 Å². The van der Waals surface area contributed by atoms with E-state index in [2.05, 4.69) is 19.2 Å². The van der Waals surface area contributed by atoms with Gasteiger partial charge in [0.05, 0.1) is 24.8 Å². The van der Waals surface area contributed by atoms with E-state index in [-0.39, 0.29) is 17.9 Å². The minimum atomic E-state index is -0.0794. The van der Waals surface area contributed by atoms with E-state index in [9.17, 15) is 4.79 Å². The maximum atomic E-state index is 12.8. The number of amides is 1. The molecule has 2 aromatic rings. The van der Waals surface area contributed by atoms with Crippen molar-refractivity contribution in [2.45, 2.75) is 40.2 Å². The summed E-state index contributed by atoms with van der Waals surface area (Å²) in [5.74, 6) is 1.78. The SMILES string of the molecule is Cc1cc(C(=O)N[C@H](c2ccc3c(c2)OCCCO3)C(C)C)c(C)s1. The lowest BCUT2D eigenvalue weighted by atomic mass is 9.95. The monoisotopic (exact) mass is 359 g/mol. The Hall–Kier alpha value is -2.01. The lowest BCUT2D eigenvalue weighted by Crippen LogP contribution is -2.31. The zero-order chi connectivity index (χ0) is 18.0. The van der Waals surface area contributed by atoms with Crippen molar-refractivity contribution >= 4 is 17.2 Å². The van der Waals surface area contributed by atoms with E-state index in [4.69, 9.17) is 9.47 Å². The number of fused-ring (bicyclic) bond motifs is 1. The van der Waals surface area contributed by atoms with E-state index in [1.54, 1.807) is 11.3 Å². The summed E-state index contributed by atoms with van der Waals surface area (Å²) in [5.41, 5.74) is 1.81. The van der Waals surface area contributed by atoms with Crippen molar-refractivity contribution in [2.75, 3.05) is 13.2 Å². The van der Waals surface area contributed by atoms with Crippen LogP contribution < -0.4 is 14.8 Å². The Morgan fingerprint density at radius 3 is 2.48 bits per heavy atom. The van der Waals surface area contributed by atoms with Crippen LogP contribution in [0.3, 0.4) is 0 Å². The van der Waals surface area contributed by atoms with Crippen molar-refractivity contribution in [1.29, 1.82) is 0 Å². The quantitative estimate of drug-likeness (QED) is 0.864. The fourth-order valence-corrected chi connectivity index (χ4v) is 4.00. The second-order valence-electron chi connectivity index (χ2n) is 6.78. The summed E-state index contributed by atoms with van der Waals surface area (Å²) in [4.78, 5) is 15.0. The summed E-state index contributed by atoms with van der Waals surface area (Å²) in [6.45, 7) is 9.57. The fraction of sp³-hybridized carbons (Fsp3) is 0.450. The number of aryl methyl sites for hydroxylation is 2. The van der Waals surface area contributed by atoms with Gasteiger partial charge in [0.25, 0.3) is 5.91 Å². The van der Waals surface area contributed by atoms with Gasteiger partial charge in [-0.25, -0.2) is 0 Å². The van der Waals surface area contributed by atoms with Crippen LogP contribution in [0.5, 0.6) is 11.5 Å². The van der Waals surface area contributed by atoms with Gasteiger partial charge in [-0.3, -0.25) is 4.79 Å². The predicted octanol–water partition coefficient (Wildman–Crippen LogP) is 4.65. The van der Waals surface area contributed by atoms with Gasteiger partial charge in [-0.05, 0) is 43.5 Å². The highest BCUT2D eigenvalue weighted by Crippen LogP contribution is 2.34. The van der Waals surface area contributed by atoms with Crippen molar-refractivity contribution in [3.8, 4) is 11.5 Å². The largest absolute Gasteiger partial charge is 0.490 e. The van der Waals surface area contributed by atoms with Gasteiger partial charge < -0.3 is 14.8 Å². The Morgan fingerprint density at radius 1 is 1.12 bits per heavy atom. The van der Waals surface area contributed by atoms with Crippen LogP contribution in [0, 0.1) is 19.8 Å². The van der Waals surface area contributed by atoms with Crippen LogP contribution in [0.4, 0.5) is 0 Å². The lowest BCUT2D eigenvalue weighted by molar-refractivity contribution is 0.0925. The van der Waals surface area contributed by atoms with Crippen molar-refractivity contribution in [3.63, 3.8) is 0 Å². The molecule has 0 fully saturated rings. The van der Waals surface area contributed by atoms with Crippen molar-refractivity contribution < 1.29 is 14.3 Å². The van der Waals surface area contributed by atoms with Gasteiger partial charge in [-0.15, -0.1) is 11.3 Å². The first kappa shape index (κ1) is 17.8. The van der Waals surface area contributed by atoms with Crippen LogP contribution in [0.1, 0.15) is 52.0 Å². The number of hydrogen-bond acceptors (Lipinski definition) is 4. The summed E-state index contributed by atoms with van der Waals surface area (Å²) in [6.07, 6.45) is 0.880. The number of hydrogen-bond donors (Lipinski definition) is 1. The highest BCUT2D eigenvalue weighted by atomic mass is 32.1. The molecule has 1 aromatic heterocycles. The standard InChI is InChI=1S/C20H25NO3S/c1-12(2)19(21-20(22)16-10-13(3)25-14(16)4)15-6-7-17-18(11-15)24-9-5-8-23-17/h6-7,10-12,19H,5,8-9H2,1-4H3,(H,21,22)/t19-/m0/s1. The number of carbonyl (C=O) groups is 1. The first-order valence-electron chi connectivity index (χ1n) is 8.73. The van der Waals surface area contributed by atoms with Crippen LogP contribution in [-0.2, 0) is 0 Å². The molecule has 0 saturated heterocycles. The van der Waals surface area contributed by atoms with Crippen molar-refractivity contribution in [1.82, 2.24) is 5.32 Å².